The first-order valence-corrected chi connectivity index (χ1v) is 8.89. The quantitative estimate of drug-likeness (QED) is 0.914. The second-order valence-corrected chi connectivity index (χ2v) is 7.63. The molecule has 0 amide bonds. The summed E-state index contributed by atoms with van der Waals surface area (Å²) in [6, 6.07) is 0.704. The molecule has 0 aromatic carbocycles. The molecule has 0 spiro atoms. The van der Waals surface area contributed by atoms with Crippen molar-refractivity contribution < 1.29 is 5.11 Å². The Hall–Kier alpha value is -0.610. The zero-order valence-corrected chi connectivity index (χ0v) is 13.5. The highest BCUT2D eigenvalue weighted by atomic mass is 32.1. The average molecular weight is 294 g/mol. The summed E-state index contributed by atoms with van der Waals surface area (Å²) in [4.78, 5) is 8.48. The molecule has 20 heavy (non-hydrogen) atoms. The molecule has 0 radical (unpaired) electrons. The van der Waals surface area contributed by atoms with Gasteiger partial charge in [0.1, 0.15) is 0 Å². The van der Waals surface area contributed by atoms with Crippen LogP contribution in [0.5, 0.6) is 0 Å². The third-order valence-electron chi connectivity index (χ3n) is 4.90. The summed E-state index contributed by atoms with van der Waals surface area (Å²) in [5, 5.41) is 10.7. The molecule has 1 saturated heterocycles. The SMILES string of the molecule is CC(C)c1nc(N2CCCC2C2CCCC2)sc1CO. The van der Waals surface area contributed by atoms with Crippen LogP contribution in [0.2, 0.25) is 0 Å². The lowest BCUT2D eigenvalue weighted by Crippen LogP contribution is -2.34. The number of thiazole rings is 1. The van der Waals surface area contributed by atoms with E-state index in [4.69, 9.17) is 4.98 Å². The van der Waals surface area contributed by atoms with Gasteiger partial charge in [-0.05, 0) is 37.5 Å². The van der Waals surface area contributed by atoms with Gasteiger partial charge in [-0.2, -0.15) is 0 Å². The van der Waals surface area contributed by atoms with Crippen molar-refractivity contribution in [2.75, 3.05) is 11.4 Å². The van der Waals surface area contributed by atoms with E-state index in [0.717, 1.165) is 28.2 Å². The Labute approximate surface area is 126 Å². The number of hydrogen-bond donors (Lipinski definition) is 1. The van der Waals surface area contributed by atoms with Gasteiger partial charge in [0.25, 0.3) is 0 Å². The molecule has 1 N–H and O–H groups in total. The fourth-order valence-electron chi connectivity index (χ4n) is 3.90. The Morgan fingerprint density at radius 1 is 1.25 bits per heavy atom. The van der Waals surface area contributed by atoms with E-state index in [1.165, 1.54) is 38.5 Å². The molecule has 1 aromatic heterocycles. The molecular weight excluding hydrogens is 268 g/mol. The van der Waals surface area contributed by atoms with Crippen LogP contribution >= 0.6 is 11.3 Å². The minimum absolute atomic E-state index is 0.132. The maximum atomic E-state index is 9.55. The van der Waals surface area contributed by atoms with E-state index in [1.54, 1.807) is 11.3 Å². The zero-order valence-electron chi connectivity index (χ0n) is 12.6. The molecule has 1 aromatic rings. The molecule has 3 nitrogen and oxygen atoms in total. The topological polar surface area (TPSA) is 36.4 Å². The largest absolute Gasteiger partial charge is 0.391 e. The highest BCUT2D eigenvalue weighted by molar-refractivity contribution is 7.15. The van der Waals surface area contributed by atoms with Crippen LogP contribution in [0.25, 0.3) is 0 Å². The van der Waals surface area contributed by atoms with Crippen molar-refractivity contribution in [3.8, 4) is 0 Å². The molecule has 2 fully saturated rings. The molecule has 1 atom stereocenters. The van der Waals surface area contributed by atoms with Gasteiger partial charge in [0.05, 0.1) is 17.2 Å². The van der Waals surface area contributed by atoms with Crippen LogP contribution < -0.4 is 4.90 Å². The maximum Gasteiger partial charge on any atom is 0.186 e. The number of rotatable bonds is 4. The molecule has 112 valence electrons. The lowest BCUT2D eigenvalue weighted by Gasteiger charge is -2.29. The number of aromatic nitrogens is 1. The van der Waals surface area contributed by atoms with Gasteiger partial charge in [0, 0.05) is 12.6 Å². The third-order valence-corrected chi connectivity index (χ3v) is 5.99. The van der Waals surface area contributed by atoms with Crippen LogP contribution in [-0.2, 0) is 6.61 Å². The van der Waals surface area contributed by atoms with Crippen molar-refractivity contribution in [1.82, 2.24) is 4.98 Å². The Balaban J connectivity index is 1.83. The van der Waals surface area contributed by atoms with Crippen LogP contribution in [0.3, 0.4) is 0 Å². The molecule has 1 saturated carbocycles. The van der Waals surface area contributed by atoms with Crippen molar-refractivity contribution in [1.29, 1.82) is 0 Å². The molecule has 2 heterocycles. The number of nitrogens with zero attached hydrogens (tertiary/aromatic N) is 2. The van der Waals surface area contributed by atoms with Crippen LogP contribution in [0.4, 0.5) is 5.13 Å². The Morgan fingerprint density at radius 2 is 2.00 bits per heavy atom. The first kappa shape index (κ1) is 14.3. The molecule has 4 heteroatoms. The number of anilines is 1. The van der Waals surface area contributed by atoms with Crippen molar-refractivity contribution in [2.45, 2.75) is 70.9 Å². The van der Waals surface area contributed by atoms with E-state index in [2.05, 4.69) is 18.7 Å². The summed E-state index contributed by atoms with van der Waals surface area (Å²) >= 11 is 1.71. The van der Waals surface area contributed by atoms with Crippen LogP contribution in [-0.4, -0.2) is 22.7 Å². The van der Waals surface area contributed by atoms with E-state index in [-0.39, 0.29) is 6.61 Å². The minimum Gasteiger partial charge on any atom is -0.391 e. The van der Waals surface area contributed by atoms with Gasteiger partial charge in [-0.1, -0.05) is 38.0 Å². The Kier molecular flexibility index (Phi) is 4.32. The second kappa shape index (κ2) is 6.02. The van der Waals surface area contributed by atoms with Crippen molar-refractivity contribution in [3.05, 3.63) is 10.6 Å². The predicted octanol–water partition coefficient (Wildman–Crippen LogP) is 3.92. The summed E-state index contributed by atoms with van der Waals surface area (Å²) in [7, 11) is 0. The molecule has 3 rings (SSSR count). The summed E-state index contributed by atoms with van der Waals surface area (Å²) in [5.41, 5.74) is 1.10. The maximum absolute atomic E-state index is 9.55. The highest BCUT2D eigenvalue weighted by Gasteiger charge is 2.35. The minimum atomic E-state index is 0.132. The Morgan fingerprint density at radius 3 is 2.60 bits per heavy atom. The summed E-state index contributed by atoms with van der Waals surface area (Å²) in [6.45, 7) is 5.61. The molecule has 1 aliphatic heterocycles. The zero-order chi connectivity index (χ0) is 14.1. The van der Waals surface area contributed by atoms with Crippen LogP contribution in [0.1, 0.15) is 68.9 Å². The monoisotopic (exact) mass is 294 g/mol. The fourth-order valence-corrected chi connectivity index (χ4v) is 5.06. The number of hydrogen-bond acceptors (Lipinski definition) is 4. The van der Waals surface area contributed by atoms with Crippen molar-refractivity contribution in [2.24, 2.45) is 5.92 Å². The lowest BCUT2D eigenvalue weighted by molar-refractivity contribution is 0.283. The molecule has 1 aliphatic carbocycles. The molecular formula is C16H26N2OS. The van der Waals surface area contributed by atoms with Gasteiger partial charge >= 0.3 is 0 Å². The van der Waals surface area contributed by atoms with Crippen molar-refractivity contribution in [3.63, 3.8) is 0 Å². The standard InChI is InChI=1S/C16H26N2OS/c1-11(2)15-14(10-19)20-16(17-15)18-9-5-8-13(18)12-6-3-4-7-12/h11-13,19H,3-10H2,1-2H3. The first-order valence-electron chi connectivity index (χ1n) is 8.07. The van der Waals surface area contributed by atoms with E-state index >= 15 is 0 Å². The Bertz CT molecular complexity index is 451. The fraction of sp³-hybridized carbons (Fsp3) is 0.812. The van der Waals surface area contributed by atoms with Crippen molar-refractivity contribution >= 4 is 16.5 Å². The second-order valence-electron chi connectivity index (χ2n) is 6.57. The highest BCUT2D eigenvalue weighted by Crippen LogP contribution is 2.40. The lowest BCUT2D eigenvalue weighted by atomic mass is 9.96. The smallest absolute Gasteiger partial charge is 0.186 e. The van der Waals surface area contributed by atoms with E-state index in [1.807, 2.05) is 0 Å². The average Bonchev–Trinajstić information content (AvgIpc) is 3.16. The summed E-state index contributed by atoms with van der Waals surface area (Å²) in [5.74, 6) is 1.27. The van der Waals surface area contributed by atoms with Gasteiger partial charge in [-0.25, -0.2) is 4.98 Å². The van der Waals surface area contributed by atoms with Crippen LogP contribution in [0, 0.1) is 5.92 Å². The molecule has 2 aliphatic rings. The third kappa shape index (κ3) is 2.60. The summed E-state index contributed by atoms with van der Waals surface area (Å²) < 4.78 is 0. The number of aliphatic hydroxyl groups excluding tert-OH is 1. The predicted molar refractivity (Wildman–Crippen MR) is 84.5 cm³/mol. The van der Waals surface area contributed by atoms with Gasteiger partial charge in [-0.15, -0.1) is 0 Å². The number of aliphatic hydroxyl groups is 1. The van der Waals surface area contributed by atoms with Gasteiger partial charge in [0.15, 0.2) is 5.13 Å². The summed E-state index contributed by atoms with van der Waals surface area (Å²) in [6.07, 6.45) is 8.24. The van der Waals surface area contributed by atoms with Gasteiger partial charge in [0.2, 0.25) is 0 Å². The van der Waals surface area contributed by atoms with Gasteiger partial charge in [-0.3, -0.25) is 0 Å². The molecule has 1 unspecified atom stereocenters. The first-order chi connectivity index (χ1) is 9.70. The van der Waals surface area contributed by atoms with E-state index < -0.39 is 0 Å². The van der Waals surface area contributed by atoms with Gasteiger partial charge < -0.3 is 10.0 Å². The van der Waals surface area contributed by atoms with Crippen LogP contribution in [0.15, 0.2) is 0 Å². The van der Waals surface area contributed by atoms with E-state index in [9.17, 15) is 5.11 Å². The molecule has 0 bridgehead atoms. The normalized spacial score (nSPS) is 24.2. The van der Waals surface area contributed by atoms with E-state index in [0.29, 0.717) is 12.0 Å².